The van der Waals surface area contributed by atoms with Crippen molar-refractivity contribution in [2.24, 2.45) is 16.3 Å². The van der Waals surface area contributed by atoms with Gasteiger partial charge < -0.3 is 10.9 Å². The van der Waals surface area contributed by atoms with Crippen LogP contribution >= 0.6 is 23.1 Å². The van der Waals surface area contributed by atoms with Crippen LogP contribution < -0.4 is 5.73 Å². The van der Waals surface area contributed by atoms with E-state index in [1.807, 2.05) is 25.6 Å². The SMILES string of the molecule is CC(C)(CCCSc1cccs1)C(N)=NO. The minimum Gasteiger partial charge on any atom is -0.409 e. The van der Waals surface area contributed by atoms with Gasteiger partial charge in [0, 0.05) is 5.41 Å². The molecule has 0 saturated carbocycles. The van der Waals surface area contributed by atoms with Gasteiger partial charge in [0.2, 0.25) is 0 Å². The van der Waals surface area contributed by atoms with Crippen LogP contribution in [-0.2, 0) is 0 Å². The summed E-state index contributed by atoms with van der Waals surface area (Å²) in [6, 6.07) is 4.19. The van der Waals surface area contributed by atoms with Crippen LogP contribution in [0, 0.1) is 5.41 Å². The Labute approximate surface area is 105 Å². The number of oxime groups is 1. The van der Waals surface area contributed by atoms with E-state index in [0.717, 1.165) is 18.6 Å². The minimum atomic E-state index is -0.218. The molecule has 1 aromatic rings. The van der Waals surface area contributed by atoms with Crippen molar-refractivity contribution in [1.82, 2.24) is 0 Å². The fourth-order valence-corrected chi connectivity index (χ4v) is 3.10. The summed E-state index contributed by atoms with van der Waals surface area (Å²) in [4.78, 5) is 0. The number of thioether (sulfide) groups is 1. The van der Waals surface area contributed by atoms with Crippen molar-refractivity contribution < 1.29 is 5.21 Å². The Bertz CT molecular complexity index is 334. The van der Waals surface area contributed by atoms with E-state index in [1.54, 1.807) is 11.3 Å². The molecule has 3 nitrogen and oxygen atoms in total. The summed E-state index contributed by atoms with van der Waals surface area (Å²) < 4.78 is 1.35. The zero-order valence-corrected chi connectivity index (χ0v) is 11.3. The van der Waals surface area contributed by atoms with E-state index >= 15 is 0 Å². The van der Waals surface area contributed by atoms with Crippen molar-refractivity contribution in [2.75, 3.05) is 5.75 Å². The summed E-state index contributed by atoms with van der Waals surface area (Å²) in [7, 11) is 0. The number of thiophene rings is 1. The van der Waals surface area contributed by atoms with E-state index in [0.29, 0.717) is 5.84 Å². The molecule has 0 aliphatic carbocycles. The fraction of sp³-hybridized carbons (Fsp3) is 0.545. The van der Waals surface area contributed by atoms with Crippen LogP contribution in [0.15, 0.2) is 26.9 Å². The largest absolute Gasteiger partial charge is 0.409 e. The molecule has 1 aromatic heterocycles. The van der Waals surface area contributed by atoms with Crippen LogP contribution in [0.1, 0.15) is 26.7 Å². The maximum Gasteiger partial charge on any atom is 0.144 e. The minimum absolute atomic E-state index is 0.218. The second-order valence-corrected chi connectivity index (χ2v) is 6.60. The Morgan fingerprint density at radius 3 is 2.94 bits per heavy atom. The molecule has 0 bridgehead atoms. The first-order valence-electron chi connectivity index (χ1n) is 5.20. The van der Waals surface area contributed by atoms with Gasteiger partial charge in [0.05, 0.1) is 4.21 Å². The number of hydrogen-bond acceptors (Lipinski definition) is 4. The van der Waals surface area contributed by atoms with Crippen LogP contribution in [0.5, 0.6) is 0 Å². The first-order chi connectivity index (χ1) is 7.56. The smallest absolute Gasteiger partial charge is 0.144 e. The molecule has 90 valence electrons. The third kappa shape index (κ3) is 4.06. The third-order valence-corrected chi connectivity index (χ3v) is 4.70. The number of nitrogens with zero attached hydrogens (tertiary/aromatic N) is 1. The summed E-state index contributed by atoms with van der Waals surface area (Å²) >= 11 is 3.63. The lowest BCUT2D eigenvalue weighted by Gasteiger charge is -2.22. The third-order valence-electron chi connectivity index (χ3n) is 2.49. The zero-order valence-electron chi connectivity index (χ0n) is 9.64. The summed E-state index contributed by atoms with van der Waals surface area (Å²) in [5, 5.41) is 13.8. The lowest BCUT2D eigenvalue weighted by atomic mass is 9.87. The molecule has 0 aliphatic heterocycles. The summed E-state index contributed by atoms with van der Waals surface area (Å²) in [5.74, 6) is 1.39. The molecule has 0 unspecified atom stereocenters. The van der Waals surface area contributed by atoms with Gasteiger partial charge in [-0.15, -0.1) is 23.1 Å². The number of nitrogens with two attached hydrogens (primary N) is 1. The number of rotatable bonds is 6. The van der Waals surface area contributed by atoms with Gasteiger partial charge in [0.25, 0.3) is 0 Å². The molecule has 5 heteroatoms. The zero-order chi connectivity index (χ0) is 12.0. The molecule has 0 amide bonds. The van der Waals surface area contributed by atoms with Crippen molar-refractivity contribution >= 4 is 28.9 Å². The summed E-state index contributed by atoms with van der Waals surface area (Å²) in [6.07, 6.45) is 1.99. The van der Waals surface area contributed by atoms with Gasteiger partial charge in [-0.25, -0.2) is 0 Å². The highest BCUT2D eigenvalue weighted by atomic mass is 32.2. The first kappa shape index (κ1) is 13.4. The van der Waals surface area contributed by atoms with E-state index in [2.05, 4.69) is 22.7 Å². The van der Waals surface area contributed by atoms with E-state index in [1.165, 1.54) is 4.21 Å². The molecule has 16 heavy (non-hydrogen) atoms. The lowest BCUT2D eigenvalue weighted by Crippen LogP contribution is -2.31. The Morgan fingerprint density at radius 1 is 1.62 bits per heavy atom. The fourth-order valence-electron chi connectivity index (χ4n) is 1.30. The van der Waals surface area contributed by atoms with Gasteiger partial charge in [-0.2, -0.15) is 0 Å². The average molecular weight is 258 g/mol. The topological polar surface area (TPSA) is 58.6 Å². The average Bonchev–Trinajstić information content (AvgIpc) is 2.76. The molecule has 1 rings (SSSR count). The van der Waals surface area contributed by atoms with Gasteiger partial charge in [-0.1, -0.05) is 25.1 Å². The highest BCUT2D eigenvalue weighted by Crippen LogP contribution is 2.28. The molecule has 0 aromatic carbocycles. The van der Waals surface area contributed by atoms with Gasteiger partial charge in [-0.05, 0) is 30.0 Å². The molecule has 0 aliphatic rings. The molecule has 0 atom stereocenters. The second kappa shape index (κ2) is 6.15. The van der Waals surface area contributed by atoms with Crippen molar-refractivity contribution in [2.45, 2.75) is 30.9 Å². The van der Waals surface area contributed by atoms with Crippen molar-refractivity contribution in [3.05, 3.63) is 17.5 Å². The van der Waals surface area contributed by atoms with Crippen LogP contribution in [0.2, 0.25) is 0 Å². The molecule has 0 saturated heterocycles. The molecular weight excluding hydrogens is 240 g/mol. The van der Waals surface area contributed by atoms with Gasteiger partial charge in [0.15, 0.2) is 0 Å². The van der Waals surface area contributed by atoms with Crippen LogP contribution in [0.4, 0.5) is 0 Å². The predicted octanol–water partition coefficient (Wildman–Crippen LogP) is 3.39. The number of hydrogen-bond donors (Lipinski definition) is 2. The lowest BCUT2D eigenvalue weighted by molar-refractivity contribution is 0.305. The molecule has 0 spiro atoms. The number of amidine groups is 1. The Kier molecular flexibility index (Phi) is 5.15. The van der Waals surface area contributed by atoms with E-state index < -0.39 is 0 Å². The van der Waals surface area contributed by atoms with E-state index in [9.17, 15) is 0 Å². The summed E-state index contributed by atoms with van der Waals surface area (Å²) in [6.45, 7) is 4.00. The normalized spacial score (nSPS) is 13.0. The molecule has 3 N–H and O–H groups in total. The standard InChI is InChI=1S/C11H18N2OS2/c1-11(2,10(12)13-14)6-4-8-16-9-5-3-7-15-9/h3,5,7,14H,4,6,8H2,1-2H3,(H2,12,13). The maximum atomic E-state index is 8.64. The highest BCUT2D eigenvalue weighted by Gasteiger charge is 2.22. The monoisotopic (exact) mass is 258 g/mol. The quantitative estimate of drug-likeness (QED) is 0.205. The van der Waals surface area contributed by atoms with Crippen molar-refractivity contribution in [1.29, 1.82) is 0 Å². The van der Waals surface area contributed by atoms with Gasteiger partial charge in [0.1, 0.15) is 5.84 Å². The summed E-state index contributed by atoms with van der Waals surface area (Å²) in [5.41, 5.74) is 5.41. The van der Waals surface area contributed by atoms with Crippen LogP contribution in [-0.4, -0.2) is 16.8 Å². The molecule has 1 heterocycles. The van der Waals surface area contributed by atoms with Crippen LogP contribution in [0.25, 0.3) is 0 Å². The molecular formula is C11H18N2OS2. The first-order valence-corrected chi connectivity index (χ1v) is 7.07. The van der Waals surface area contributed by atoms with E-state index in [-0.39, 0.29) is 5.41 Å². The van der Waals surface area contributed by atoms with Crippen molar-refractivity contribution in [3.8, 4) is 0 Å². The Balaban J connectivity index is 2.25. The van der Waals surface area contributed by atoms with E-state index in [4.69, 9.17) is 10.9 Å². The predicted molar refractivity (Wildman–Crippen MR) is 71.5 cm³/mol. The van der Waals surface area contributed by atoms with Gasteiger partial charge in [-0.3, -0.25) is 0 Å². The maximum absolute atomic E-state index is 8.64. The van der Waals surface area contributed by atoms with Crippen LogP contribution in [0.3, 0.4) is 0 Å². The Morgan fingerprint density at radius 2 is 2.38 bits per heavy atom. The second-order valence-electron chi connectivity index (χ2n) is 4.25. The molecule has 0 fully saturated rings. The van der Waals surface area contributed by atoms with Crippen molar-refractivity contribution in [3.63, 3.8) is 0 Å². The Hall–Kier alpha value is -0.680. The van der Waals surface area contributed by atoms with Gasteiger partial charge >= 0.3 is 0 Å². The molecule has 0 radical (unpaired) electrons. The highest BCUT2D eigenvalue weighted by molar-refractivity contribution is 8.01.